The van der Waals surface area contributed by atoms with Gasteiger partial charge in [-0.3, -0.25) is 4.79 Å². The van der Waals surface area contributed by atoms with Crippen molar-refractivity contribution in [3.8, 4) is 11.5 Å². The largest absolute Gasteiger partial charge is 0.454 e. The molecule has 1 heterocycles. The van der Waals surface area contributed by atoms with E-state index in [2.05, 4.69) is 5.32 Å². The molecule has 1 amide bonds. The van der Waals surface area contributed by atoms with Gasteiger partial charge in [0.1, 0.15) is 0 Å². The van der Waals surface area contributed by atoms with Gasteiger partial charge in [0.05, 0.1) is 0 Å². The maximum absolute atomic E-state index is 11.9. The minimum absolute atomic E-state index is 0.00734. The summed E-state index contributed by atoms with van der Waals surface area (Å²) in [4.78, 5) is 11.9. The monoisotopic (exact) mass is 236 g/mol. The van der Waals surface area contributed by atoms with Gasteiger partial charge in [0.2, 0.25) is 6.79 Å². The Morgan fingerprint density at radius 2 is 2.24 bits per heavy atom. The number of ether oxygens (including phenoxy) is 2. The van der Waals surface area contributed by atoms with Crippen molar-refractivity contribution in [1.29, 1.82) is 0 Å². The molecule has 0 fully saturated rings. The number of fused-ring (bicyclic) bond motifs is 1. The number of amides is 1. The zero-order valence-corrected chi connectivity index (χ0v) is 9.73. The summed E-state index contributed by atoms with van der Waals surface area (Å²) in [6.07, 6.45) is 0.812. The first-order chi connectivity index (χ1) is 8.24. The Hall–Kier alpha value is -1.75. The normalized spacial score (nSPS) is 14.5. The highest BCUT2D eigenvalue weighted by atomic mass is 16.7. The number of hydrogen-bond donors (Lipinski definition) is 2. The molecule has 1 aromatic carbocycles. The van der Waals surface area contributed by atoms with E-state index >= 15 is 0 Å². The Morgan fingerprint density at radius 3 is 2.94 bits per heavy atom. The summed E-state index contributed by atoms with van der Waals surface area (Å²) in [6.45, 7) is 2.63. The first-order valence-corrected chi connectivity index (χ1v) is 5.65. The molecule has 1 aromatic rings. The number of benzene rings is 1. The van der Waals surface area contributed by atoms with Crippen LogP contribution in [-0.2, 0) is 0 Å². The van der Waals surface area contributed by atoms with Crippen molar-refractivity contribution in [2.45, 2.75) is 19.4 Å². The van der Waals surface area contributed by atoms with Crippen LogP contribution in [0.25, 0.3) is 0 Å². The summed E-state index contributed by atoms with van der Waals surface area (Å²) in [6, 6.07) is 5.14. The Morgan fingerprint density at radius 1 is 1.47 bits per heavy atom. The SMILES string of the molecule is CCC(CN)NC(=O)c1ccc2c(c1)OCO2. The van der Waals surface area contributed by atoms with Crippen molar-refractivity contribution < 1.29 is 14.3 Å². The van der Waals surface area contributed by atoms with Crippen molar-refractivity contribution in [2.24, 2.45) is 5.73 Å². The summed E-state index contributed by atoms with van der Waals surface area (Å²) in [5.41, 5.74) is 6.10. The van der Waals surface area contributed by atoms with Gasteiger partial charge in [0, 0.05) is 18.2 Å². The molecule has 0 spiro atoms. The first kappa shape index (κ1) is 11.7. The molecular weight excluding hydrogens is 220 g/mol. The number of carbonyl (C=O) groups excluding carboxylic acids is 1. The average Bonchev–Trinajstić information content (AvgIpc) is 2.82. The van der Waals surface area contributed by atoms with Crippen molar-refractivity contribution in [3.05, 3.63) is 23.8 Å². The van der Waals surface area contributed by atoms with Gasteiger partial charge in [-0.2, -0.15) is 0 Å². The summed E-state index contributed by atoms with van der Waals surface area (Å²) in [7, 11) is 0. The van der Waals surface area contributed by atoms with Crippen LogP contribution < -0.4 is 20.5 Å². The molecule has 0 bridgehead atoms. The molecule has 0 saturated heterocycles. The van der Waals surface area contributed by atoms with Gasteiger partial charge >= 0.3 is 0 Å². The van der Waals surface area contributed by atoms with Gasteiger partial charge in [0.15, 0.2) is 11.5 Å². The third kappa shape index (κ3) is 2.50. The highest BCUT2D eigenvalue weighted by Gasteiger charge is 2.17. The summed E-state index contributed by atoms with van der Waals surface area (Å²) in [5.74, 6) is 1.14. The third-order valence-corrected chi connectivity index (χ3v) is 2.75. The summed E-state index contributed by atoms with van der Waals surface area (Å²) >= 11 is 0. The number of carbonyl (C=O) groups is 1. The average molecular weight is 236 g/mol. The van der Waals surface area contributed by atoms with Gasteiger partial charge in [-0.25, -0.2) is 0 Å². The van der Waals surface area contributed by atoms with E-state index in [4.69, 9.17) is 15.2 Å². The highest BCUT2D eigenvalue weighted by Crippen LogP contribution is 2.32. The summed E-state index contributed by atoms with van der Waals surface area (Å²) < 4.78 is 10.4. The van der Waals surface area contributed by atoms with Gasteiger partial charge < -0.3 is 20.5 Å². The van der Waals surface area contributed by atoms with E-state index in [1.54, 1.807) is 18.2 Å². The Bertz CT molecular complexity index is 416. The lowest BCUT2D eigenvalue weighted by Crippen LogP contribution is -2.39. The molecular formula is C12H16N2O3. The highest BCUT2D eigenvalue weighted by molar-refractivity contribution is 5.95. The smallest absolute Gasteiger partial charge is 0.251 e. The zero-order valence-electron chi connectivity index (χ0n) is 9.73. The topological polar surface area (TPSA) is 73.6 Å². The lowest BCUT2D eigenvalue weighted by molar-refractivity contribution is 0.0936. The molecule has 2 rings (SSSR count). The van der Waals surface area contributed by atoms with E-state index in [-0.39, 0.29) is 18.7 Å². The van der Waals surface area contributed by atoms with Crippen molar-refractivity contribution >= 4 is 5.91 Å². The molecule has 0 aliphatic carbocycles. The second-order valence-electron chi connectivity index (χ2n) is 3.88. The molecule has 3 N–H and O–H groups in total. The minimum Gasteiger partial charge on any atom is -0.454 e. The van der Waals surface area contributed by atoms with Gasteiger partial charge in [-0.1, -0.05) is 6.92 Å². The Labute approximate surface area is 99.9 Å². The van der Waals surface area contributed by atoms with E-state index < -0.39 is 0 Å². The maximum atomic E-state index is 11.9. The number of rotatable bonds is 4. The number of nitrogens with one attached hydrogen (secondary N) is 1. The van der Waals surface area contributed by atoms with Crippen LogP contribution in [0.4, 0.5) is 0 Å². The fourth-order valence-electron chi connectivity index (χ4n) is 1.63. The van der Waals surface area contributed by atoms with E-state index in [0.29, 0.717) is 23.6 Å². The molecule has 0 saturated carbocycles. The fourth-order valence-corrected chi connectivity index (χ4v) is 1.63. The molecule has 5 heteroatoms. The van der Waals surface area contributed by atoms with E-state index in [9.17, 15) is 4.79 Å². The molecule has 0 aromatic heterocycles. The lowest BCUT2D eigenvalue weighted by atomic mass is 10.1. The van der Waals surface area contributed by atoms with Crippen LogP contribution in [0.3, 0.4) is 0 Å². The molecule has 1 aliphatic heterocycles. The Balaban J connectivity index is 2.09. The fraction of sp³-hybridized carbons (Fsp3) is 0.417. The number of hydrogen-bond acceptors (Lipinski definition) is 4. The van der Waals surface area contributed by atoms with Crippen LogP contribution >= 0.6 is 0 Å². The van der Waals surface area contributed by atoms with Crippen LogP contribution in [0.2, 0.25) is 0 Å². The van der Waals surface area contributed by atoms with Gasteiger partial charge in [-0.05, 0) is 24.6 Å². The van der Waals surface area contributed by atoms with Crippen LogP contribution in [0.5, 0.6) is 11.5 Å². The molecule has 5 nitrogen and oxygen atoms in total. The van der Waals surface area contributed by atoms with Crippen molar-refractivity contribution in [1.82, 2.24) is 5.32 Å². The molecule has 92 valence electrons. The van der Waals surface area contributed by atoms with Crippen molar-refractivity contribution in [2.75, 3.05) is 13.3 Å². The maximum Gasteiger partial charge on any atom is 0.251 e. The van der Waals surface area contributed by atoms with Gasteiger partial charge in [-0.15, -0.1) is 0 Å². The van der Waals surface area contributed by atoms with Crippen LogP contribution in [-0.4, -0.2) is 25.3 Å². The predicted molar refractivity (Wildman–Crippen MR) is 63.2 cm³/mol. The molecule has 0 radical (unpaired) electrons. The second-order valence-corrected chi connectivity index (χ2v) is 3.88. The van der Waals surface area contributed by atoms with E-state index in [1.807, 2.05) is 6.92 Å². The third-order valence-electron chi connectivity index (χ3n) is 2.75. The van der Waals surface area contributed by atoms with Gasteiger partial charge in [0.25, 0.3) is 5.91 Å². The van der Waals surface area contributed by atoms with E-state index in [1.165, 1.54) is 0 Å². The quantitative estimate of drug-likeness (QED) is 0.814. The zero-order chi connectivity index (χ0) is 12.3. The molecule has 1 atom stereocenters. The standard InChI is InChI=1S/C12H16N2O3/c1-2-9(6-13)14-12(15)8-3-4-10-11(5-8)17-7-16-10/h3-5,9H,2,6-7,13H2,1H3,(H,14,15). The van der Waals surface area contributed by atoms with Crippen LogP contribution in [0, 0.1) is 0 Å². The lowest BCUT2D eigenvalue weighted by Gasteiger charge is -2.14. The molecule has 17 heavy (non-hydrogen) atoms. The van der Waals surface area contributed by atoms with E-state index in [0.717, 1.165) is 6.42 Å². The first-order valence-electron chi connectivity index (χ1n) is 5.65. The van der Waals surface area contributed by atoms with Crippen LogP contribution in [0.1, 0.15) is 23.7 Å². The Kier molecular flexibility index (Phi) is 3.49. The van der Waals surface area contributed by atoms with Crippen LogP contribution in [0.15, 0.2) is 18.2 Å². The second kappa shape index (κ2) is 5.05. The number of nitrogens with two attached hydrogens (primary N) is 1. The predicted octanol–water partition coefficient (Wildman–Crippen LogP) is 0.882. The summed E-state index contributed by atoms with van der Waals surface area (Å²) in [5, 5.41) is 2.86. The van der Waals surface area contributed by atoms with Crippen molar-refractivity contribution in [3.63, 3.8) is 0 Å². The molecule has 1 aliphatic rings. The minimum atomic E-state index is -0.138. The molecule has 1 unspecified atom stereocenters.